The molecule has 0 spiro atoms. The van der Waals surface area contributed by atoms with E-state index in [1.165, 1.54) is 5.56 Å². The molecule has 2 rings (SSSR count). The molecule has 0 radical (unpaired) electrons. The minimum Gasteiger partial charge on any atom is -0.504 e. The Bertz CT molecular complexity index is 478. The zero-order chi connectivity index (χ0) is 12.1. The van der Waals surface area contributed by atoms with Crippen LogP contribution in [-0.4, -0.2) is 12.2 Å². The first-order chi connectivity index (χ1) is 8.31. The molecule has 0 aliphatic carbocycles. The minimum absolute atomic E-state index is 0.207. The number of hydrogen-bond acceptors (Lipinski definition) is 2. The molecule has 0 atom stereocenters. The first-order valence-electron chi connectivity index (χ1n) is 5.70. The molecule has 0 aromatic heterocycles. The first kappa shape index (κ1) is 11.5. The van der Waals surface area contributed by atoms with E-state index in [-0.39, 0.29) is 5.75 Å². The predicted molar refractivity (Wildman–Crippen MR) is 68.5 cm³/mol. The number of methoxy groups -OCH3 is 1. The van der Waals surface area contributed by atoms with Gasteiger partial charge in [-0.25, -0.2) is 0 Å². The van der Waals surface area contributed by atoms with Crippen LogP contribution in [0.25, 0.3) is 0 Å². The molecular weight excluding hydrogens is 212 g/mol. The topological polar surface area (TPSA) is 29.5 Å². The number of aryl methyl sites for hydroxylation is 2. The van der Waals surface area contributed by atoms with Crippen molar-refractivity contribution in [3.05, 3.63) is 59.7 Å². The first-order valence-corrected chi connectivity index (χ1v) is 5.70. The van der Waals surface area contributed by atoms with E-state index in [0.717, 1.165) is 18.4 Å². The average molecular weight is 228 g/mol. The van der Waals surface area contributed by atoms with E-state index in [0.29, 0.717) is 5.75 Å². The highest BCUT2D eigenvalue weighted by Gasteiger charge is 2.07. The zero-order valence-corrected chi connectivity index (χ0v) is 9.89. The van der Waals surface area contributed by atoms with Crippen molar-refractivity contribution in [1.29, 1.82) is 0 Å². The summed E-state index contributed by atoms with van der Waals surface area (Å²) < 4.78 is 5.21. The molecule has 0 fully saturated rings. The quantitative estimate of drug-likeness (QED) is 0.870. The van der Waals surface area contributed by atoms with E-state index in [2.05, 4.69) is 12.1 Å². The van der Waals surface area contributed by atoms with Gasteiger partial charge in [0.25, 0.3) is 0 Å². The highest BCUT2D eigenvalue weighted by molar-refractivity contribution is 5.45. The van der Waals surface area contributed by atoms with Crippen LogP contribution < -0.4 is 4.74 Å². The summed E-state index contributed by atoms with van der Waals surface area (Å²) in [7, 11) is 1.58. The van der Waals surface area contributed by atoms with Gasteiger partial charge in [-0.1, -0.05) is 42.5 Å². The molecule has 2 aromatic carbocycles. The van der Waals surface area contributed by atoms with Crippen molar-refractivity contribution >= 4 is 0 Å². The van der Waals surface area contributed by atoms with Crippen molar-refractivity contribution in [3.8, 4) is 11.5 Å². The van der Waals surface area contributed by atoms with E-state index in [1.807, 2.05) is 30.3 Å². The summed E-state index contributed by atoms with van der Waals surface area (Å²) in [5.74, 6) is 0.793. The lowest BCUT2D eigenvalue weighted by atomic mass is 10.0. The fourth-order valence-corrected chi connectivity index (χ4v) is 1.93. The summed E-state index contributed by atoms with van der Waals surface area (Å²) in [6, 6.07) is 15.8. The monoisotopic (exact) mass is 228 g/mol. The van der Waals surface area contributed by atoms with Crippen molar-refractivity contribution in [2.75, 3.05) is 7.11 Å². The average Bonchev–Trinajstić information content (AvgIpc) is 2.37. The fraction of sp³-hybridized carbons (Fsp3) is 0.200. The van der Waals surface area contributed by atoms with Gasteiger partial charge >= 0.3 is 0 Å². The molecule has 0 saturated heterocycles. The van der Waals surface area contributed by atoms with Gasteiger partial charge in [0, 0.05) is 0 Å². The second-order valence-corrected chi connectivity index (χ2v) is 3.96. The molecule has 0 aliphatic heterocycles. The molecule has 0 amide bonds. The van der Waals surface area contributed by atoms with Gasteiger partial charge in [0.05, 0.1) is 7.11 Å². The Morgan fingerprint density at radius 1 is 0.941 bits per heavy atom. The number of ether oxygens (including phenoxy) is 1. The molecule has 0 unspecified atom stereocenters. The van der Waals surface area contributed by atoms with E-state index < -0.39 is 0 Å². The summed E-state index contributed by atoms with van der Waals surface area (Å²) in [4.78, 5) is 0. The molecule has 1 N–H and O–H groups in total. The SMILES string of the molecule is COc1c(O)cccc1CCc1ccccc1. The Hall–Kier alpha value is -1.96. The van der Waals surface area contributed by atoms with E-state index in [9.17, 15) is 5.11 Å². The Kier molecular flexibility index (Phi) is 3.66. The van der Waals surface area contributed by atoms with Crippen LogP contribution in [0.3, 0.4) is 0 Å². The fourth-order valence-electron chi connectivity index (χ4n) is 1.93. The Morgan fingerprint density at radius 3 is 2.41 bits per heavy atom. The number of benzene rings is 2. The van der Waals surface area contributed by atoms with Crippen molar-refractivity contribution in [3.63, 3.8) is 0 Å². The Balaban J connectivity index is 2.12. The number of phenolic OH excluding ortho intramolecular Hbond substituents is 1. The standard InChI is InChI=1S/C15H16O2/c1-17-15-13(8-5-9-14(15)16)11-10-12-6-3-2-4-7-12/h2-9,16H,10-11H2,1H3. The molecular formula is C15H16O2. The minimum atomic E-state index is 0.207. The van der Waals surface area contributed by atoms with Gasteiger partial charge in [-0.2, -0.15) is 0 Å². The van der Waals surface area contributed by atoms with Crippen molar-refractivity contribution in [2.45, 2.75) is 12.8 Å². The van der Waals surface area contributed by atoms with E-state index in [4.69, 9.17) is 4.74 Å². The van der Waals surface area contributed by atoms with Crippen LogP contribution in [0.1, 0.15) is 11.1 Å². The number of phenols is 1. The van der Waals surface area contributed by atoms with Crippen molar-refractivity contribution < 1.29 is 9.84 Å². The third-order valence-electron chi connectivity index (χ3n) is 2.81. The second-order valence-electron chi connectivity index (χ2n) is 3.96. The number of hydrogen-bond donors (Lipinski definition) is 1. The van der Waals surface area contributed by atoms with Gasteiger partial charge in [-0.05, 0) is 30.0 Å². The van der Waals surface area contributed by atoms with Gasteiger partial charge in [-0.15, -0.1) is 0 Å². The highest BCUT2D eigenvalue weighted by atomic mass is 16.5. The highest BCUT2D eigenvalue weighted by Crippen LogP contribution is 2.30. The van der Waals surface area contributed by atoms with Crippen molar-refractivity contribution in [1.82, 2.24) is 0 Å². The molecule has 0 bridgehead atoms. The predicted octanol–water partition coefficient (Wildman–Crippen LogP) is 3.19. The smallest absolute Gasteiger partial charge is 0.163 e. The van der Waals surface area contributed by atoms with Crippen LogP contribution in [0, 0.1) is 0 Å². The van der Waals surface area contributed by atoms with E-state index >= 15 is 0 Å². The molecule has 0 heterocycles. The molecule has 0 saturated carbocycles. The Labute approximate surface area is 101 Å². The summed E-state index contributed by atoms with van der Waals surface area (Å²) in [5.41, 5.74) is 2.33. The summed E-state index contributed by atoms with van der Waals surface area (Å²) in [6.45, 7) is 0. The van der Waals surface area contributed by atoms with Gasteiger partial charge < -0.3 is 9.84 Å². The van der Waals surface area contributed by atoms with Gasteiger partial charge in [0.2, 0.25) is 0 Å². The summed E-state index contributed by atoms with van der Waals surface area (Å²) in [6.07, 6.45) is 1.81. The van der Waals surface area contributed by atoms with Crippen LogP contribution in [0.4, 0.5) is 0 Å². The van der Waals surface area contributed by atoms with Crippen LogP contribution in [0.2, 0.25) is 0 Å². The number of para-hydroxylation sites is 1. The van der Waals surface area contributed by atoms with Crippen molar-refractivity contribution in [2.24, 2.45) is 0 Å². The maximum absolute atomic E-state index is 9.66. The maximum Gasteiger partial charge on any atom is 0.163 e. The third-order valence-corrected chi connectivity index (χ3v) is 2.81. The molecule has 88 valence electrons. The van der Waals surface area contributed by atoms with Crippen LogP contribution >= 0.6 is 0 Å². The largest absolute Gasteiger partial charge is 0.504 e. The molecule has 17 heavy (non-hydrogen) atoms. The molecule has 2 aromatic rings. The lowest BCUT2D eigenvalue weighted by Gasteiger charge is -2.09. The van der Waals surface area contributed by atoms with Gasteiger partial charge in [0.1, 0.15) is 0 Å². The normalized spacial score (nSPS) is 10.2. The third kappa shape index (κ3) is 2.78. The zero-order valence-electron chi connectivity index (χ0n) is 9.89. The number of rotatable bonds is 4. The summed E-state index contributed by atoms with van der Waals surface area (Å²) >= 11 is 0. The van der Waals surface area contributed by atoms with Gasteiger partial charge in [0.15, 0.2) is 11.5 Å². The second kappa shape index (κ2) is 5.39. The van der Waals surface area contributed by atoms with Crippen LogP contribution in [-0.2, 0) is 12.8 Å². The molecule has 2 nitrogen and oxygen atoms in total. The van der Waals surface area contributed by atoms with Crippen LogP contribution in [0.5, 0.6) is 11.5 Å². The Morgan fingerprint density at radius 2 is 1.71 bits per heavy atom. The molecule has 0 aliphatic rings. The maximum atomic E-state index is 9.66. The summed E-state index contributed by atoms with van der Waals surface area (Å²) in [5, 5.41) is 9.66. The van der Waals surface area contributed by atoms with E-state index in [1.54, 1.807) is 13.2 Å². The number of aromatic hydroxyl groups is 1. The molecule has 2 heteroatoms. The lowest BCUT2D eigenvalue weighted by molar-refractivity contribution is 0.369. The van der Waals surface area contributed by atoms with Crippen LogP contribution in [0.15, 0.2) is 48.5 Å². The lowest BCUT2D eigenvalue weighted by Crippen LogP contribution is -1.95. The van der Waals surface area contributed by atoms with Gasteiger partial charge in [-0.3, -0.25) is 0 Å².